The van der Waals surface area contributed by atoms with E-state index in [2.05, 4.69) is 56.4 Å². The molecule has 1 heterocycles. The molecule has 2 aromatic rings. The van der Waals surface area contributed by atoms with Crippen LogP contribution in [0.1, 0.15) is 31.9 Å². The lowest BCUT2D eigenvalue weighted by molar-refractivity contribution is 0.511. The van der Waals surface area contributed by atoms with E-state index >= 15 is 0 Å². The molecule has 22 heavy (non-hydrogen) atoms. The van der Waals surface area contributed by atoms with E-state index in [1.165, 1.54) is 5.56 Å². The van der Waals surface area contributed by atoms with Gasteiger partial charge >= 0.3 is 0 Å². The van der Waals surface area contributed by atoms with Crippen LogP contribution >= 0.6 is 0 Å². The number of aryl methyl sites for hydroxylation is 1. The molecule has 0 fully saturated rings. The minimum Gasteiger partial charge on any atom is -0.313 e. The van der Waals surface area contributed by atoms with Gasteiger partial charge in [-0.2, -0.15) is 0 Å². The van der Waals surface area contributed by atoms with Gasteiger partial charge < -0.3 is 9.88 Å². The van der Waals surface area contributed by atoms with Gasteiger partial charge in [-0.05, 0) is 31.0 Å². The van der Waals surface area contributed by atoms with Gasteiger partial charge in [0.15, 0.2) is 0 Å². The van der Waals surface area contributed by atoms with E-state index in [1.54, 1.807) is 0 Å². The Morgan fingerprint density at radius 1 is 1.09 bits per heavy atom. The molecule has 2 rings (SSSR count). The second kappa shape index (κ2) is 7.41. The Kier molecular flexibility index (Phi) is 5.56. The molecule has 0 aliphatic heterocycles. The Hall–Kier alpha value is -1.87. The van der Waals surface area contributed by atoms with Gasteiger partial charge in [0.2, 0.25) is 0 Å². The maximum atomic E-state index is 12.8. The number of hydrogen-bond acceptors (Lipinski definition) is 2. The Labute approximate surface area is 133 Å². The molecule has 0 aliphatic rings. The zero-order chi connectivity index (χ0) is 16.1. The summed E-state index contributed by atoms with van der Waals surface area (Å²) in [5.41, 5.74) is 4.27. The van der Waals surface area contributed by atoms with Gasteiger partial charge in [0, 0.05) is 18.7 Å². The van der Waals surface area contributed by atoms with Crippen LogP contribution in [0.25, 0.3) is 11.3 Å². The summed E-state index contributed by atoms with van der Waals surface area (Å²) in [7, 11) is 0. The molecular formula is C19H26N2O. The second-order valence-corrected chi connectivity index (χ2v) is 6.20. The van der Waals surface area contributed by atoms with E-state index in [0.29, 0.717) is 12.5 Å². The average molecular weight is 298 g/mol. The van der Waals surface area contributed by atoms with Crippen LogP contribution in [0.15, 0.2) is 41.2 Å². The standard InChI is InChI=1S/C19H26N2O/c1-5-20-12-17-10-11-18(16-8-6-15(4)7-9-16)21(19(17)22)13-14(2)3/h6-11,14,20H,5,12-13H2,1-4H3. The van der Waals surface area contributed by atoms with Gasteiger partial charge in [-0.25, -0.2) is 0 Å². The first-order valence-corrected chi connectivity index (χ1v) is 8.03. The van der Waals surface area contributed by atoms with Crippen molar-refractivity contribution >= 4 is 0 Å². The third-order valence-corrected chi connectivity index (χ3v) is 3.71. The van der Waals surface area contributed by atoms with Crippen molar-refractivity contribution in [2.45, 2.75) is 40.8 Å². The first-order chi connectivity index (χ1) is 10.5. The maximum Gasteiger partial charge on any atom is 0.255 e. The number of pyridine rings is 1. The van der Waals surface area contributed by atoms with Gasteiger partial charge in [-0.3, -0.25) is 4.79 Å². The lowest BCUT2D eigenvalue weighted by atomic mass is 10.1. The Bertz CT molecular complexity index is 669. The quantitative estimate of drug-likeness (QED) is 0.884. The molecule has 0 saturated heterocycles. The van der Waals surface area contributed by atoms with Crippen LogP contribution in [0.4, 0.5) is 0 Å². The zero-order valence-corrected chi connectivity index (χ0v) is 14.0. The summed E-state index contributed by atoms with van der Waals surface area (Å²) in [4.78, 5) is 12.8. The van der Waals surface area contributed by atoms with Crippen LogP contribution in [-0.2, 0) is 13.1 Å². The first kappa shape index (κ1) is 16.5. The highest BCUT2D eigenvalue weighted by atomic mass is 16.1. The monoisotopic (exact) mass is 298 g/mol. The molecule has 3 nitrogen and oxygen atoms in total. The topological polar surface area (TPSA) is 34.0 Å². The molecule has 1 aromatic carbocycles. The van der Waals surface area contributed by atoms with Gasteiger partial charge in [0.1, 0.15) is 0 Å². The lowest BCUT2D eigenvalue weighted by Gasteiger charge is -2.17. The molecule has 0 saturated carbocycles. The fourth-order valence-electron chi connectivity index (χ4n) is 2.54. The van der Waals surface area contributed by atoms with Crippen molar-refractivity contribution in [1.82, 2.24) is 9.88 Å². The Morgan fingerprint density at radius 3 is 2.36 bits per heavy atom. The smallest absolute Gasteiger partial charge is 0.255 e. The maximum absolute atomic E-state index is 12.8. The van der Waals surface area contributed by atoms with E-state index in [4.69, 9.17) is 0 Å². The van der Waals surface area contributed by atoms with Crippen LogP contribution in [0.3, 0.4) is 0 Å². The molecule has 0 atom stereocenters. The van der Waals surface area contributed by atoms with Crippen LogP contribution in [-0.4, -0.2) is 11.1 Å². The van der Waals surface area contributed by atoms with Crippen molar-refractivity contribution in [2.24, 2.45) is 5.92 Å². The predicted molar refractivity (Wildman–Crippen MR) is 93.1 cm³/mol. The predicted octanol–water partition coefficient (Wildman–Crippen LogP) is 3.59. The lowest BCUT2D eigenvalue weighted by Crippen LogP contribution is -2.29. The fraction of sp³-hybridized carbons (Fsp3) is 0.421. The fourth-order valence-corrected chi connectivity index (χ4v) is 2.54. The summed E-state index contributed by atoms with van der Waals surface area (Å²) in [6, 6.07) is 12.4. The summed E-state index contributed by atoms with van der Waals surface area (Å²) in [6.45, 7) is 10.6. The molecule has 0 spiro atoms. The third kappa shape index (κ3) is 3.86. The van der Waals surface area contributed by atoms with Crippen LogP contribution < -0.4 is 10.9 Å². The minimum atomic E-state index is 0.118. The molecule has 3 heteroatoms. The van der Waals surface area contributed by atoms with Crippen molar-refractivity contribution < 1.29 is 0 Å². The SMILES string of the molecule is CCNCc1ccc(-c2ccc(C)cc2)n(CC(C)C)c1=O. The zero-order valence-electron chi connectivity index (χ0n) is 14.0. The van der Waals surface area contributed by atoms with E-state index in [1.807, 2.05) is 17.6 Å². The Balaban J connectivity index is 2.50. The minimum absolute atomic E-state index is 0.118. The number of benzene rings is 1. The average Bonchev–Trinajstić information content (AvgIpc) is 2.49. The molecule has 0 amide bonds. The summed E-state index contributed by atoms with van der Waals surface area (Å²) >= 11 is 0. The number of aromatic nitrogens is 1. The van der Waals surface area contributed by atoms with Crippen molar-refractivity contribution in [3.63, 3.8) is 0 Å². The number of rotatable bonds is 6. The normalized spacial score (nSPS) is 11.1. The Morgan fingerprint density at radius 2 is 1.77 bits per heavy atom. The largest absolute Gasteiger partial charge is 0.313 e. The highest BCUT2D eigenvalue weighted by molar-refractivity contribution is 5.60. The molecule has 0 unspecified atom stereocenters. The highest BCUT2D eigenvalue weighted by Gasteiger charge is 2.11. The van der Waals surface area contributed by atoms with E-state index in [9.17, 15) is 4.79 Å². The molecule has 1 N–H and O–H groups in total. The van der Waals surface area contributed by atoms with Crippen LogP contribution in [0.5, 0.6) is 0 Å². The molecular weight excluding hydrogens is 272 g/mol. The molecule has 1 aromatic heterocycles. The van der Waals surface area contributed by atoms with Crippen LogP contribution in [0, 0.1) is 12.8 Å². The third-order valence-electron chi connectivity index (χ3n) is 3.71. The molecule has 0 aliphatic carbocycles. The van der Waals surface area contributed by atoms with Crippen molar-refractivity contribution in [1.29, 1.82) is 0 Å². The van der Waals surface area contributed by atoms with E-state index < -0.39 is 0 Å². The molecule has 0 radical (unpaired) electrons. The van der Waals surface area contributed by atoms with Gasteiger partial charge in [0.25, 0.3) is 5.56 Å². The van der Waals surface area contributed by atoms with Gasteiger partial charge in [-0.15, -0.1) is 0 Å². The first-order valence-electron chi connectivity index (χ1n) is 8.03. The summed E-state index contributed by atoms with van der Waals surface area (Å²) in [6.07, 6.45) is 0. The highest BCUT2D eigenvalue weighted by Crippen LogP contribution is 2.20. The van der Waals surface area contributed by atoms with Crippen molar-refractivity contribution in [3.8, 4) is 11.3 Å². The van der Waals surface area contributed by atoms with Crippen molar-refractivity contribution in [2.75, 3.05) is 6.54 Å². The number of nitrogens with zero attached hydrogens (tertiary/aromatic N) is 1. The summed E-state index contributed by atoms with van der Waals surface area (Å²) < 4.78 is 1.92. The summed E-state index contributed by atoms with van der Waals surface area (Å²) in [5.74, 6) is 0.427. The molecule has 118 valence electrons. The molecule has 0 bridgehead atoms. The van der Waals surface area contributed by atoms with E-state index in [0.717, 1.165) is 29.9 Å². The number of nitrogens with one attached hydrogen (secondary N) is 1. The van der Waals surface area contributed by atoms with Gasteiger partial charge in [0.05, 0.1) is 5.69 Å². The van der Waals surface area contributed by atoms with Crippen molar-refractivity contribution in [3.05, 3.63) is 57.9 Å². The van der Waals surface area contributed by atoms with Gasteiger partial charge in [-0.1, -0.05) is 56.7 Å². The van der Waals surface area contributed by atoms with E-state index in [-0.39, 0.29) is 5.56 Å². The van der Waals surface area contributed by atoms with Crippen LogP contribution in [0.2, 0.25) is 0 Å². The number of hydrogen-bond donors (Lipinski definition) is 1. The summed E-state index contributed by atoms with van der Waals surface area (Å²) in [5, 5.41) is 3.24. The second-order valence-electron chi connectivity index (χ2n) is 6.20.